The number of aryl methyl sites for hydroxylation is 3. The monoisotopic (exact) mass is 274 g/mol. The van der Waals surface area contributed by atoms with E-state index in [-0.39, 0.29) is 5.92 Å². The Morgan fingerprint density at radius 2 is 1.75 bits per heavy atom. The van der Waals surface area contributed by atoms with Gasteiger partial charge in [-0.1, -0.05) is 24.6 Å². The Morgan fingerprint density at radius 3 is 2.25 bits per heavy atom. The van der Waals surface area contributed by atoms with Gasteiger partial charge < -0.3 is 10.2 Å². The van der Waals surface area contributed by atoms with E-state index in [2.05, 4.69) is 45.1 Å². The molecule has 1 aromatic carbocycles. The smallest absolute Gasteiger partial charge is 0.230 e. The zero-order valence-corrected chi connectivity index (χ0v) is 13.1. The van der Waals surface area contributed by atoms with E-state index >= 15 is 0 Å². The van der Waals surface area contributed by atoms with Gasteiger partial charge in [0.1, 0.15) is 0 Å². The van der Waals surface area contributed by atoms with Crippen LogP contribution in [0, 0.1) is 20.8 Å². The summed E-state index contributed by atoms with van der Waals surface area (Å²) in [6.07, 6.45) is 0.869. The van der Waals surface area contributed by atoms with Crippen LogP contribution in [-0.4, -0.2) is 37.0 Å². The van der Waals surface area contributed by atoms with Crippen LogP contribution in [0.5, 0.6) is 0 Å². The van der Waals surface area contributed by atoms with E-state index in [0.29, 0.717) is 5.91 Å². The highest BCUT2D eigenvalue weighted by Crippen LogP contribution is 2.29. The Labute approximate surface area is 122 Å². The Balaban J connectivity index is 2.30. The van der Waals surface area contributed by atoms with Gasteiger partial charge in [-0.05, 0) is 43.9 Å². The van der Waals surface area contributed by atoms with Crippen LogP contribution in [0.15, 0.2) is 12.1 Å². The quantitative estimate of drug-likeness (QED) is 0.918. The van der Waals surface area contributed by atoms with Crippen LogP contribution in [0.2, 0.25) is 0 Å². The largest absolute Gasteiger partial charge is 0.340 e. The molecule has 1 amide bonds. The highest BCUT2D eigenvalue weighted by atomic mass is 16.2. The van der Waals surface area contributed by atoms with Crippen molar-refractivity contribution in [2.75, 3.05) is 26.2 Å². The standard InChI is InChI=1S/C17H26N2O/c1-5-15(17(20)19-8-6-18-7-9-19)16-13(3)10-12(2)11-14(16)4/h10-11,15,18H,5-9H2,1-4H3. The first-order chi connectivity index (χ1) is 9.54. The summed E-state index contributed by atoms with van der Waals surface area (Å²) in [5, 5.41) is 3.30. The van der Waals surface area contributed by atoms with Gasteiger partial charge in [-0.2, -0.15) is 0 Å². The molecule has 1 aliphatic rings. The maximum absolute atomic E-state index is 12.8. The highest BCUT2D eigenvalue weighted by molar-refractivity contribution is 5.84. The second kappa shape index (κ2) is 6.40. The van der Waals surface area contributed by atoms with Crippen LogP contribution in [0.3, 0.4) is 0 Å². The number of carbonyl (C=O) groups excluding carboxylic acids is 1. The lowest BCUT2D eigenvalue weighted by atomic mass is 9.86. The predicted molar refractivity (Wildman–Crippen MR) is 83.1 cm³/mol. The van der Waals surface area contributed by atoms with Gasteiger partial charge in [0.05, 0.1) is 5.92 Å². The van der Waals surface area contributed by atoms with Crippen molar-refractivity contribution in [3.8, 4) is 0 Å². The third kappa shape index (κ3) is 3.04. The maximum atomic E-state index is 12.8. The normalized spacial score (nSPS) is 17.1. The summed E-state index contributed by atoms with van der Waals surface area (Å²) >= 11 is 0. The van der Waals surface area contributed by atoms with Gasteiger partial charge in [0, 0.05) is 26.2 Å². The molecule has 3 heteroatoms. The van der Waals surface area contributed by atoms with Crippen molar-refractivity contribution in [1.82, 2.24) is 10.2 Å². The number of carbonyl (C=O) groups is 1. The third-order valence-electron chi connectivity index (χ3n) is 4.22. The van der Waals surface area contributed by atoms with Crippen LogP contribution in [-0.2, 0) is 4.79 Å². The van der Waals surface area contributed by atoms with Crippen LogP contribution in [0.25, 0.3) is 0 Å². The summed E-state index contributed by atoms with van der Waals surface area (Å²) in [5.41, 5.74) is 5.01. The van der Waals surface area contributed by atoms with Crippen molar-refractivity contribution in [3.63, 3.8) is 0 Å². The molecule has 0 aliphatic carbocycles. The van der Waals surface area contributed by atoms with Crippen LogP contribution >= 0.6 is 0 Å². The van der Waals surface area contributed by atoms with Gasteiger partial charge in [-0.25, -0.2) is 0 Å². The van der Waals surface area contributed by atoms with E-state index in [1.165, 1.54) is 22.3 Å². The number of benzene rings is 1. The highest BCUT2D eigenvalue weighted by Gasteiger charge is 2.27. The number of nitrogens with zero attached hydrogens (tertiary/aromatic N) is 1. The average Bonchev–Trinajstić information content (AvgIpc) is 2.43. The molecule has 3 nitrogen and oxygen atoms in total. The molecule has 110 valence electrons. The van der Waals surface area contributed by atoms with E-state index in [1.54, 1.807) is 0 Å². The summed E-state index contributed by atoms with van der Waals surface area (Å²) < 4.78 is 0. The lowest BCUT2D eigenvalue weighted by Crippen LogP contribution is -2.48. The molecule has 1 atom stereocenters. The summed E-state index contributed by atoms with van der Waals surface area (Å²) in [5.74, 6) is 0.303. The zero-order chi connectivity index (χ0) is 14.7. The Kier molecular flexibility index (Phi) is 4.81. The van der Waals surface area contributed by atoms with E-state index in [4.69, 9.17) is 0 Å². The van der Waals surface area contributed by atoms with Gasteiger partial charge in [0.2, 0.25) is 5.91 Å². The molecular weight excluding hydrogens is 248 g/mol. The fourth-order valence-corrected chi connectivity index (χ4v) is 3.35. The van der Waals surface area contributed by atoms with E-state index < -0.39 is 0 Å². The molecule has 0 saturated carbocycles. The molecule has 0 radical (unpaired) electrons. The predicted octanol–water partition coefficient (Wildman–Crippen LogP) is 2.54. The number of nitrogens with one attached hydrogen (secondary N) is 1. The molecule has 0 bridgehead atoms. The minimum Gasteiger partial charge on any atom is -0.340 e. The fourth-order valence-electron chi connectivity index (χ4n) is 3.35. The van der Waals surface area contributed by atoms with Gasteiger partial charge in [-0.3, -0.25) is 4.79 Å². The fraction of sp³-hybridized carbons (Fsp3) is 0.588. The number of amides is 1. The first-order valence-electron chi connectivity index (χ1n) is 7.61. The molecule has 20 heavy (non-hydrogen) atoms. The summed E-state index contributed by atoms with van der Waals surface area (Å²) in [4.78, 5) is 14.8. The van der Waals surface area contributed by atoms with Gasteiger partial charge >= 0.3 is 0 Å². The molecule has 1 aliphatic heterocycles. The molecule has 0 aromatic heterocycles. The Bertz CT molecular complexity index is 467. The molecule has 1 N–H and O–H groups in total. The maximum Gasteiger partial charge on any atom is 0.230 e. The molecule has 1 heterocycles. The minimum atomic E-state index is 0.00806. The van der Waals surface area contributed by atoms with Crippen molar-refractivity contribution in [2.24, 2.45) is 0 Å². The second-order valence-corrected chi connectivity index (χ2v) is 5.85. The topological polar surface area (TPSA) is 32.3 Å². The molecule has 2 rings (SSSR count). The average molecular weight is 274 g/mol. The van der Waals surface area contributed by atoms with Crippen molar-refractivity contribution in [3.05, 3.63) is 34.4 Å². The molecule has 0 spiro atoms. The van der Waals surface area contributed by atoms with Crippen LogP contribution in [0.1, 0.15) is 41.5 Å². The number of hydrogen-bond acceptors (Lipinski definition) is 2. The van der Waals surface area contributed by atoms with Gasteiger partial charge in [-0.15, -0.1) is 0 Å². The van der Waals surface area contributed by atoms with Gasteiger partial charge in [0.25, 0.3) is 0 Å². The first kappa shape index (κ1) is 15.0. The third-order valence-corrected chi connectivity index (χ3v) is 4.22. The molecule has 1 saturated heterocycles. The Hall–Kier alpha value is -1.35. The summed E-state index contributed by atoms with van der Waals surface area (Å²) in [6.45, 7) is 12.0. The summed E-state index contributed by atoms with van der Waals surface area (Å²) in [6, 6.07) is 4.38. The lowest BCUT2D eigenvalue weighted by molar-refractivity contribution is -0.133. The second-order valence-electron chi connectivity index (χ2n) is 5.85. The zero-order valence-electron chi connectivity index (χ0n) is 13.1. The van der Waals surface area contributed by atoms with Crippen molar-refractivity contribution in [1.29, 1.82) is 0 Å². The van der Waals surface area contributed by atoms with E-state index in [1.807, 2.05) is 4.90 Å². The van der Waals surface area contributed by atoms with E-state index in [0.717, 1.165) is 32.6 Å². The molecule has 1 unspecified atom stereocenters. The van der Waals surface area contributed by atoms with Gasteiger partial charge in [0.15, 0.2) is 0 Å². The number of rotatable bonds is 3. The molecule has 1 aromatic rings. The summed E-state index contributed by atoms with van der Waals surface area (Å²) in [7, 11) is 0. The van der Waals surface area contributed by atoms with E-state index in [9.17, 15) is 4.79 Å². The lowest BCUT2D eigenvalue weighted by Gasteiger charge is -2.32. The molecular formula is C17H26N2O. The molecule has 1 fully saturated rings. The number of hydrogen-bond donors (Lipinski definition) is 1. The Morgan fingerprint density at radius 1 is 1.20 bits per heavy atom. The van der Waals surface area contributed by atoms with Crippen LogP contribution < -0.4 is 5.32 Å². The minimum absolute atomic E-state index is 0.00806. The van der Waals surface area contributed by atoms with Crippen LogP contribution in [0.4, 0.5) is 0 Å². The first-order valence-corrected chi connectivity index (χ1v) is 7.61. The number of piperazine rings is 1. The van der Waals surface area contributed by atoms with Crippen molar-refractivity contribution < 1.29 is 4.79 Å². The van der Waals surface area contributed by atoms with Crippen molar-refractivity contribution in [2.45, 2.75) is 40.0 Å². The van der Waals surface area contributed by atoms with Crippen molar-refractivity contribution >= 4 is 5.91 Å². The SMILES string of the molecule is CCC(C(=O)N1CCNCC1)c1c(C)cc(C)cc1C.